The van der Waals surface area contributed by atoms with Crippen molar-refractivity contribution in [1.82, 2.24) is 5.32 Å². The van der Waals surface area contributed by atoms with E-state index in [1.165, 1.54) is 430 Å². The number of hydrogen-bond acceptors (Lipinski definition) is 5. The number of amides is 1. The molecule has 0 aromatic heterocycles. The van der Waals surface area contributed by atoms with Crippen LogP contribution in [0.15, 0.2) is 0 Å². The third-order valence-electron chi connectivity index (χ3n) is 20.4. The second-order valence-corrected chi connectivity index (χ2v) is 29.5. The first-order valence-electron chi connectivity index (χ1n) is 42.3. The maximum absolute atomic E-state index is 12.6. The van der Waals surface area contributed by atoms with E-state index in [1.54, 1.807) is 0 Å². The molecule has 0 aliphatic carbocycles. The highest BCUT2D eigenvalue weighted by atomic mass is 16.5. The molecule has 0 bridgehead atoms. The molecule has 3 N–H and O–H groups in total. The minimum Gasteiger partial charge on any atom is -0.466 e. The molecule has 90 heavy (non-hydrogen) atoms. The van der Waals surface area contributed by atoms with Gasteiger partial charge in [-0.1, -0.05) is 463 Å². The molecule has 0 aliphatic rings. The quantitative estimate of drug-likeness (QED) is 0.0417. The first-order chi connectivity index (χ1) is 44.5. The number of carbonyl (C=O) groups excluding carboxylic acids is 2. The second-order valence-electron chi connectivity index (χ2n) is 29.5. The average Bonchev–Trinajstić information content (AvgIpc) is 3.67. The van der Waals surface area contributed by atoms with E-state index in [0.29, 0.717) is 25.9 Å². The number of rotatable bonds is 81. The standard InChI is InChI=1S/C84H167NO5/c1-3-5-7-9-11-13-15-17-18-19-20-21-37-40-43-46-49-53-56-60-64-68-72-76-82(87)81(80-86)85-83(88)77-73-69-65-61-57-54-50-47-44-41-38-35-33-31-29-27-25-23-22-24-26-28-30-32-34-36-39-42-45-48-51-55-59-63-67-71-75-79-90-84(89)78-74-70-66-62-58-52-16-14-12-10-8-6-4-2/h81-82,86-87H,3-80H2,1-2H3,(H,85,88). The number of ether oxygens (including phenoxy) is 1. The topological polar surface area (TPSA) is 95.9 Å². The fraction of sp³-hybridized carbons (Fsp3) is 0.976. The van der Waals surface area contributed by atoms with Gasteiger partial charge in [-0.25, -0.2) is 0 Å². The molecule has 1 amide bonds. The molecule has 0 saturated heterocycles. The van der Waals surface area contributed by atoms with Crippen molar-refractivity contribution in [1.29, 1.82) is 0 Å². The summed E-state index contributed by atoms with van der Waals surface area (Å²) in [7, 11) is 0. The van der Waals surface area contributed by atoms with Crippen LogP contribution in [-0.2, 0) is 14.3 Å². The Balaban J connectivity index is 3.30. The highest BCUT2D eigenvalue weighted by molar-refractivity contribution is 5.76. The van der Waals surface area contributed by atoms with Crippen molar-refractivity contribution < 1.29 is 24.5 Å². The van der Waals surface area contributed by atoms with Gasteiger partial charge in [-0.15, -0.1) is 0 Å². The summed E-state index contributed by atoms with van der Waals surface area (Å²) in [6.07, 6.45) is 101. The molecule has 2 unspecified atom stereocenters. The molecule has 0 heterocycles. The second kappa shape index (κ2) is 80.3. The summed E-state index contributed by atoms with van der Waals surface area (Å²) in [6.45, 7) is 5.02. The molecule has 0 aromatic rings. The fourth-order valence-electron chi connectivity index (χ4n) is 14.0. The normalized spacial score (nSPS) is 12.4. The Morgan fingerprint density at radius 1 is 0.267 bits per heavy atom. The van der Waals surface area contributed by atoms with E-state index in [0.717, 1.165) is 38.5 Å². The monoisotopic (exact) mass is 1270 g/mol. The summed E-state index contributed by atoms with van der Waals surface area (Å²) in [5, 5.41) is 23.5. The summed E-state index contributed by atoms with van der Waals surface area (Å²) < 4.78 is 5.50. The SMILES string of the molecule is CCCCCCCCCCCCCCCCCCCCCCCCCC(O)C(CO)NC(=O)CCCCCCCCCCCCCCCCCCCCCCCCCCCCCCCCCCCCCCCOC(=O)CCCCCCCCCCCCCCC. The maximum Gasteiger partial charge on any atom is 0.305 e. The molecule has 0 rings (SSSR count). The lowest BCUT2D eigenvalue weighted by Gasteiger charge is -2.22. The van der Waals surface area contributed by atoms with Crippen LogP contribution in [0.4, 0.5) is 0 Å². The molecule has 0 saturated carbocycles. The van der Waals surface area contributed by atoms with E-state index in [4.69, 9.17) is 4.74 Å². The zero-order valence-electron chi connectivity index (χ0n) is 61.9. The van der Waals surface area contributed by atoms with Crippen LogP contribution in [0.3, 0.4) is 0 Å². The predicted octanol–water partition coefficient (Wildman–Crippen LogP) is 28.1. The molecule has 0 aliphatic heterocycles. The lowest BCUT2D eigenvalue weighted by Crippen LogP contribution is -2.45. The van der Waals surface area contributed by atoms with Crippen molar-refractivity contribution in [3.8, 4) is 0 Å². The van der Waals surface area contributed by atoms with Gasteiger partial charge >= 0.3 is 5.97 Å². The summed E-state index contributed by atoms with van der Waals surface area (Å²) in [5.74, 6) is 0.00396. The average molecular weight is 1270 g/mol. The van der Waals surface area contributed by atoms with E-state index in [1.807, 2.05) is 0 Å². The summed E-state index contributed by atoms with van der Waals surface area (Å²) >= 11 is 0. The van der Waals surface area contributed by atoms with E-state index < -0.39 is 12.1 Å². The van der Waals surface area contributed by atoms with Crippen LogP contribution in [0, 0.1) is 0 Å². The van der Waals surface area contributed by atoms with Crippen molar-refractivity contribution in [2.24, 2.45) is 0 Å². The molecule has 6 nitrogen and oxygen atoms in total. The first kappa shape index (κ1) is 88.9. The van der Waals surface area contributed by atoms with Crippen LogP contribution in [0.25, 0.3) is 0 Å². The lowest BCUT2D eigenvalue weighted by atomic mass is 10.0. The number of hydrogen-bond donors (Lipinski definition) is 3. The van der Waals surface area contributed by atoms with E-state index in [9.17, 15) is 19.8 Å². The summed E-state index contributed by atoms with van der Waals surface area (Å²) in [5.41, 5.74) is 0. The molecule has 538 valence electrons. The van der Waals surface area contributed by atoms with Crippen LogP contribution in [0.1, 0.15) is 502 Å². The predicted molar refractivity (Wildman–Crippen MR) is 398 cm³/mol. The Kier molecular flexibility index (Phi) is 79.3. The van der Waals surface area contributed by atoms with Crippen LogP contribution in [-0.4, -0.2) is 47.4 Å². The molecule has 0 fully saturated rings. The van der Waals surface area contributed by atoms with Crippen molar-refractivity contribution in [3.05, 3.63) is 0 Å². The zero-order valence-corrected chi connectivity index (χ0v) is 61.9. The van der Waals surface area contributed by atoms with Gasteiger partial charge in [-0.3, -0.25) is 9.59 Å². The number of aliphatic hydroxyl groups is 2. The van der Waals surface area contributed by atoms with Gasteiger partial charge in [0.1, 0.15) is 0 Å². The van der Waals surface area contributed by atoms with Crippen molar-refractivity contribution in [2.75, 3.05) is 13.2 Å². The van der Waals surface area contributed by atoms with Crippen LogP contribution in [0.5, 0.6) is 0 Å². The van der Waals surface area contributed by atoms with E-state index >= 15 is 0 Å². The molecule has 0 aromatic carbocycles. The molecular formula is C84H167NO5. The highest BCUT2D eigenvalue weighted by Crippen LogP contribution is 2.21. The molecular weight excluding hydrogens is 1100 g/mol. The van der Waals surface area contributed by atoms with Crippen LogP contribution >= 0.6 is 0 Å². The van der Waals surface area contributed by atoms with Gasteiger partial charge in [0.05, 0.1) is 25.4 Å². The number of aliphatic hydroxyl groups excluding tert-OH is 2. The third-order valence-corrected chi connectivity index (χ3v) is 20.4. The molecule has 6 heteroatoms. The minimum atomic E-state index is -0.661. The Morgan fingerprint density at radius 3 is 0.678 bits per heavy atom. The van der Waals surface area contributed by atoms with Gasteiger partial charge < -0.3 is 20.3 Å². The molecule has 2 atom stereocenters. The Morgan fingerprint density at radius 2 is 0.456 bits per heavy atom. The van der Waals surface area contributed by atoms with Gasteiger partial charge in [0.25, 0.3) is 0 Å². The fourth-order valence-corrected chi connectivity index (χ4v) is 14.0. The van der Waals surface area contributed by atoms with Gasteiger partial charge in [0.15, 0.2) is 0 Å². The Labute approximate surface area is 566 Å². The van der Waals surface area contributed by atoms with Crippen molar-refractivity contribution in [3.63, 3.8) is 0 Å². The van der Waals surface area contributed by atoms with Crippen LogP contribution < -0.4 is 5.32 Å². The maximum atomic E-state index is 12.6. The number of esters is 1. The third kappa shape index (κ3) is 75.9. The minimum absolute atomic E-state index is 0.0225. The Bertz CT molecular complexity index is 1320. The van der Waals surface area contributed by atoms with Crippen molar-refractivity contribution >= 4 is 11.9 Å². The zero-order chi connectivity index (χ0) is 64.9. The summed E-state index contributed by atoms with van der Waals surface area (Å²) in [6, 6.07) is -0.537. The number of nitrogens with one attached hydrogen (secondary N) is 1. The van der Waals surface area contributed by atoms with Gasteiger partial charge in [-0.05, 0) is 25.7 Å². The highest BCUT2D eigenvalue weighted by Gasteiger charge is 2.20. The Hall–Kier alpha value is -1.14. The molecule has 0 spiro atoms. The van der Waals surface area contributed by atoms with E-state index in [2.05, 4.69) is 19.2 Å². The molecule has 0 radical (unpaired) electrons. The van der Waals surface area contributed by atoms with Gasteiger partial charge in [0.2, 0.25) is 5.91 Å². The first-order valence-corrected chi connectivity index (χ1v) is 42.3. The van der Waals surface area contributed by atoms with Gasteiger partial charge in [-0.2, -0.15) is 0 Å². The number of unbranched alkanes of at least 4 members (excludes halogenated alkanes) is 70. The van der Waals surface area contributed by atoms with Gasteiger partial charge in [0, 0.05) is 12.8 Å². The number of carbonyl (C=O) groups is 2. The van der Waals surface area contributed by atoms with E-state index in [-0.39, 0.29) is 18.5 Å². The van der Waals surface area contributed by atoms with Crippen molar-refractivity contribution in [2.45, 2.75) is 514 Å². The largest absolute Gasteiger partial charge is 0.466 e. The smallest absolute Gasteiger partial charge is 0.305 e. The van der Waals surface area contributed by atoms with Crippen LogP contribution in [0.2, 0.25) is 0 Å². The lowest BCUT2D eigenvalue weighted by molar-refractivity contribution is -0.143. The summed E-state index contributed by atoms with van der Waals surface area (Å²) in [4.78, 5) is 24.6.